The Balaban J connectivity index is 1.78. The van der Waals surface area contributed by atoms with E-state index in [4.69, 9.17) is 4.74 Å². The molecule has 2 rings (SSSR count). The molecule has 0 radical (unpaired) electrons. The second-order valence-corrected chi connectivity index (χ2v) is 6.06. The Morgan fingerprint density at radius 1 is 1.33 bits per heavy atom. The summed E-state index contributed by atoms with van der Waals surface area (Å²) in [6.45, 7) is 3.01. The number of carbonyl (C=O) groups is 1. The second-order valence-electron chi connectivity index (χ2n) is 6.06. The SMILES string of the molecule is COc1ccc(C(=O)NCCC2CCC(C)CC2)cc1O. The zero-order valence-corrected chi connectivity index (χ0v) is 12.9. The van der Waals surface area contributed by atoms with Gasteiger partial charge in [-0.2, -0.15) is 0 Å². The Kier molecular flexibility index (Phi) is 5.48. The summed E-state index contributed by atoms with van der Waals surface area (Å²) in [4.78, 5) is 12.0. The molecule has 2 N–H and O–H groups in total. The number of nitrogens with one attached hydrogen (secondary N) is 1. The molecule has 21 heavy (non-hydrogen) atoms. The summed E-state index contributed by atoms with van der Waals surface area (Å²) in [5, 5.41) is 12.6. The predicted octanol–water partition coefficient (Wildman–Crippen LogP) is 3.35. The van der Waals surface area contributed by atoms with Crippen LogP contribution in [0.4, 0.5) is 0 Å². The van der Waals surface area contributed by atoms with Gasteiger partial charge in [0.1, 0.15) is 0 Å². The van der Waals surface area contributed by atoms with Crippen molar-refractivity contribution in [1.82, 2.24) is 5.32 Å². The standard InChI is InChI=1S/C17H25NO3/c1-12-3-5-13(6-4-12)9-10-18-17(20)14-7-8-16(21-2)15(19)11-14/h7-8,11-13,19H,3-6,9-10H2,1-2H3,(H,18,20). The Bertz CT molecular complexity index is 479. The first-order valence-electron chi connectivity index (χ1n) is 7.75. The molecular formula is C17H25NO3. The molecule has 0 saturated heterocycles. The van der Waals surface area contributed by atoms with E-state index in [1.54, 1.807) is 12.1 Å². The largest absolute Gasteiger partial charge is 0.504 e. The summed E-state index contributed by atoms with van der Waals surface area (Å²) in [5.41, 5.74) is 0.463. The van der Waals surface area contributed by atoms with Crippen molar-refractivity contribution < 1.29 is 14.6 Å². The molecule has 0 unspecified atom stereocenters. The van der Waals surface area contributed by atoms with E-state index < -0.39 is 0 Å². The van der Waals surface area contributed by atoms with Crippen LogP contribution in [0.3, 0.4) is 0 Å². The molecule has 0 aromatic heterocycles. The van der Waals surface area contributed by atoms with E-state index in [1.165, 1.54) is 38.9 Å². The van der Waals surface area contributed by atoms with Gasteiger partial charge in [0.05, 0.1) is 7.11 Å². The van der Waals surface area contributed by atoms with Gasteiger partial charge in [0, 0.05) is 12.1 Å². The van der Waals surface area contributed by atoms with Crippen molar-refractivity contribution in [3.8, 4) is 11.5 Å². The van der Waals surface area contributed by atoms with Gasteiger partial charge in [0.2, 0.25) is 0 Å². The molecule has 0 heterocycles. The second kappa shape index (κ2) is 7.34. The van der Waals surface area contributed by atoms with Crippen molar-refractivity contribution in [2.45, 2.75) is 39.0 Å². The number of carbonyl (C=O) groups excluding carboxylic acids is 1. The van der Waals surface area contributed by atoms with Crippen LogP contribution in [0.15, 0.2) is 18.2 Å². The van der Waals surface area contributed by atoms with Gasteiger partial charge in [-0.3, -0.25) is 4.79 Å². The molecule has 4 nitrogen and oxygen atoms in total. The van der Waals surface area contributed by atoms with Crippen LogP contribution >= 0.6 is 0 Å². The Labute approximate surface area is 126 Å². The lowest BCUT2D eigenvalue weighted by molar-refractivity contribution is 0.0949. The van der Waals surface area contributed by atoms with Crippen LogP contribution in [-0.4, -0.2) is 24.7 Å². The highest BCUT2D eigenvalue weighted by molar-refractivity contribution is 5.94. The topological polar surface area (TPSA) is 58.6 Å². The maximum atomic E-state index is 12.0. The van der Waals surface area contributed by atoms with E-state index >= 15 is 0 Å². The molecule has 1 amide bonds. The van der Waals surface area contributed by atoms with Crippen LogP contribution in [0, 0.1) is 11.8 Å². The van der Waals surface area contributed by atoms with Gasteiger partial charge in [-0.25, -0.2) is 0 Å². The van der Waals surface area contributed by atoms with Crippen LogP contribution in [0.5, 0.6) is 11.5 Å². The number of hydrogen-bond acceptors (Lipinski definition) is 3. The number of ether oxygens (including phenoxy) is 1. The summed E-state index contributed by atoms with van der Waals surface area (Å²) in [6.07, 6.45) is 6.22. The fourth-order valence-electron chi connectivity index (χ4n) is 2.94. The molecule has 116 valence electrons. The van der Waals surface area contributed by atoms with Crippen molar-refractivity contribution in [2.24, 2.45) is 11.8 Å². The monoisotopic (exact) mass is 291 g/mol. The van der Waals surface area contributed by atoms with Crippen LogP contribution < -0.4 is 10.1 Å². The summed E-state index contributed by atoms with van der Waals surface area (Å²) in [7, 11) is 1.49. The zero-order valence-electron chi connectivity index (χ0n) is 12.9. The average molecular weight is 291 g/mol. The third-order valence-corrected chi connectivity index (χ3v) is 4.41. The van der Waals surface area contributed by atoms with Gasteiger partial charge in [-0.05, 0) is 36.5 Å². The number of amides is 1. The lowest BCUT2D eigenvalue weighted by atomic mass is 9.81. The first-order chi connectivity index (χ1) is 10.1. The zero-order chi connectivity index (χ0) is 15.2. The van der Waals surface area contributed by atoms with Crippen LogP contribution in [0.25, 0.3) is 0 Å². The molecule has 1 aliphatic carbocycles. The summed E-state index contributed by atoms with van der Waals surface area (Å²) in [6, 6.07) is 4.71. The fourth-order valence-corrected chi connectivity index (χ4v) is 2.94. The van der Waals surface area contributed by atoms with Crippen molar-refractivity contribution >= 4 is 5.91 Å². The lowest BCUT2D eigenvalue weighted by Gasteiger charge is -2.26. The number of hydrogen-bond donors (Lipinski definition) is 2. The third kappa shape index (κ3) is 4.38. The number of phenols is 1. The predicted molar refractivity (Wildman–Crippen MR) is 82.7 cm³/mol. The quantitative estimate of drug-likeness (QED) is 0.874. The highest BCUT2D eigenvalue weighted by atomic mass is 16.5. The van der Waals surface area contributed by atoms with Gasteiger partial charge < -0.3 is 15.2 Å². The van der Waals surface area contributed by atoms with E-state index in [1.807, 2.05) is 0 Å². The third-order valence-electron chi connectivity index (χ3n) is 4.41. The Hall–Kier alpha value is -1.71. The minimum absolute atomic E-state index is 0.00795. The highest BCUT2D eigenvalue weighted by Gasteiger charge is 2.18. The molecule has 1 aliphatic rings. The van der Waals surface area contributed by atoms with Gasteiger partial charge in [-0.15, -0.1) is 0 Å². The molecule has 1 fully saturated rings. The van der Waals surface area contributed by atoms with Crippen LogP contribution in [-0.2, 0) is 0 Å². The lowest BCUT2D eigenvalue weighted by Crippen LogP contribution is -2.26. The molecular weight excluding hydrogens is 266 g/mol. The Morgan fingerprint density at radius 2 is 2.05 bits per heavy atom. The highest BCUT2D eigenvalue weighted by Crippen LogP contribution is 2.30. The van der Waals surface area contributed by atoms with E-state index in [9.17, 15) is 9.90 Å². The van der Waals surface area contributed by atoms with Crippen LogP contribution in [0.1, 0.15) is 49.4 Å². The normalized spacial score (nSPS) is 21.8. The van der Waals surface area contributed by atoms with E-state index in [2.05, 4.69) is 12.2 Å². The minimum Gasteiger partial charge on any atom is -0.504 e. The first-order valence-corrected chi connectivity index (χ1v) is 7.75. The van der Waals surface area contributed by atoms with Crippen molar-refractivity contribution in [3.05, 3.63) is 23.8 Å². The molecule has 0 bridgehead atoms. The molecule has 0 spiro atoms. The molecule has 1 saturated carbocycles. The minimum atomic E-state index is -0.142. The van der Waals surface area contributed by atoms with Crippen molar-refractivity contribution in [3.63, 3.8) is 0 Å². The number of aromatic hydroxyl groups is 1. The van der Waals surface area contributed by atoms with Gasteiger partial charge in [0.15, 0.2) is 11.5 Å². The van der Waals surface area contributed by atoms with E-state index in [0.29, 0.717) is 17.9 Å². The maximum absolute atomic E-state index is 12.0. The number of benzene rings is 1. The number of rotatable bonds is 5. The number of phenolic OH excluding ortho intramolecular Hbond substituents is 1. The van der Waals surface area contributed by atoms with Crippen molar-refractivity contribution in [2.75, 3.05) is 13.7 Å². The summed E-state index contributed by atoms with van der Waals surface area (Å²) >= 11 is 0. The summed E-state index contributed by atoms with van der Waals surface area (Å²) in [5.74, 6) is 1.83. The summed E-state index contributed by atoms with van der Waals surface area (Å²) < 4.78 is 4.97. The smallest absolute Gasteiger partial charge is 0.251 e. The molecule has 0 aliphatic heterocycles. The average Bonchev–Trinajstić information content (AvgIpc) is 2.49. The maximum Gasteiger partial charge on any atom is 0.251 e. The first kappa shape index (κ1) is 15.7. The van der Waals surface area contributed by atoms with E-state index in [-0.39, 0.29) is 11.7 Å². The molecule has 4 heteroatoms. The molecule has 1 aromatic rings. The van der Waals surface area contributed by atoms with Gasteiger partial charge >= 0.3 is 0 Å². The number of methoxy groups -OCH3 is 1. The van der Waals surface area contributed by atoms with Crippen molar-refractivity contribution in [1.29, 1.82) is 0 Å². The van der Waals surface area contributed by atoms with Gasteiger partial charge in [0.25, 0.3) is 5.91 Å². The Morgan fingerprint density at radius 3 is 2.67 bits per heavy atom. The van der Waals surface area contributed by atoms with E-state index in [0.717, 1.165) is 18.3 Å². The fraction of sp³-hybridized carbons (Fsp3) is 0.588. The van der Waals surface area contributed by atoms with Crippen LogP contribution in [0.2, 0.25) is 0 Å². The van der Waals surface area contributed by atoms with Gasteiger partial charge in [-0.1, -0.05) is 32.6 Å². The molecule has 0 atom stereocenters. The molecule has 1 aromatic carbocycles.